The van der Waals surface area contributed by atoms with Gasteiger partial charge in [-0.15, -0.1) is 0 Å². The lowest BCUT2D eigenvalue weighted by atomic mass is 10.1. The van der Waals surface area contributed by atoms with Crippen LogP contribution in [0.15, 0.2) is 12.3 Å². The quantitative estimate of drug-likeness (QED) is 0.667. The lowest BCUT2D eigenvalue weighted by Gasteiger charge is -2.07. The zero-order valence-corrected chi connectivity index (χ0v) is 15.3. The summed E-state index contributed by atoms with van der Waals surface area (Å²) >= 11 is 0. The molecule has 3 aromatic heterocycles. The highest BCUT2D eigenvalue weighted by atomic mass is 16.5. The van der Waals surface area contributed by atoms with Gasteiger partial charge in [0.1, 0.15) is 0 Å². The molecule has 0 aliphatic heterocycles. The van der Waals surface area contributed by atoms with Crippen LogP contribution in [0.3, 0.4) is 0 Å². The number of fused-ring (bicyclic) bond motifs is 1. The van der Waals surface area contributed by atoms with Gasteiger partial charge in [-0.1, -0.05) is 13.3 Å². The van der Waals surface area contributed by atoms with Crippen LogP contribution in [-0.2, 0) is 18.3 Å². The number of unbranched alkanes of at least 4 members (excludes halogenated alkanes) is 1. The topological polar surface area (TPSA) is 74.8 Å². The van der Waals surface area contributed by atoms with E-state index in [-0.39, 0.29) is 5.97 Å². The van der Waals surface area contributed by atoms with Crippen molar-refractivity contribution in [3.05, 3.63) is 29.2 Å². The van der Waals surface area contributed by atoms with Crippen LogP contribution < -0.4 is 0 Å². The van der Waals surface area contributed by atoms with Crippen molar-refractivity contribution in [3.8, 4) is 11.3 Å². The average Bonchev–Trinajstić information content (AvgIpc) is 3.10. The zero-order valence-electron chi connectivity index (χ0n) is 15.3. The minimum Gasteiger partial charge on any atom is -0.465 e. The number of hydrogen-bond acceptors (Lipinski definition) is 5. The Bertz CT molecular complexity index is 939. The first-order valence-electron chi connectivity index (χ1n) is 8.43. The van der Waals surface area contributed by atoms with Crippen LogP contribution in [0.4, 0.5) is 0 Å². The van der Waals surface area contributed by atoms with E-state index in [1.165, 1.54) is 7.11 Å². The summed E-state index contributed by atoms with van der Waals surface area (Å²) in [4.78, 5) is 17.2. The number of pyridine rings is 1. The number of hydrogen-bond donors (Lipinski definition) is 0. The molecule has 0 radical (unpaired) electrons. The molecule has 0 saturated heterocycles. The number of ether oxygens (including phenoxy) is 1. The average molecular weight is 341 g/mol. The largest absolute Gasteiger partial charge is 0.465 e. The summed E-state index contributed by atoms with van der Waals surface area (Å²) in [7, 11) is 3.26. The molecule has 7 nitrogen and oxygen atoms in total. The van der Waals surface area contributed by atoms with E-state index in [4.69, 9.17) is 9.72 Å². The molecule has 0 atom stereocenters. The van der Waals surface area contributed by atoms with E-state index in [9.17, 15) is 4.79 Å². The van der Waals surface area contributed by atoms with Gasteiger partial charge in [0.05, 0.1) is 35.1 Å². The van der Waals surface area contributed by atoms with Crippen molar-refractivity contribution in [1.82, 2.24) is 24.5 Å². The highest BCUT2D eigenvalue weighted by molar-refractivity contribution is 6.05. The van der Waals surface area contributed by atoms with Crippen molar-refractivity contribution < 1.29 is 9.53 Å². The van der Waals surface area contributed by atoms with Crippen LogP contribution in [-0.4, -0.2) is 37.6 Å². The molecule has 132 valence electrons. The minimum atomic E-state index is -0.381. The Labute approximate surface area is 146 Å². The minimum absolute atomic E-state index is 0.381. The third-order valence-electron chi connectivity index (χ3n) is 4.30. The molecule has 0 aliphatic carbocycles. The number of rotatable bonds is 5. The summed E-state index contributed by atoms with van der Waals surface area (Å²) in [6.45, 7) is 6.73. The maximum Gasteiger partial charge on any atom is 0.338 e. The van der Waals surface area contributed by atoms with Crippen molar-refractivity contribution in [1.29, 1.82) is 0 Å². The molecule has 7 heteroatoms. The molecule has 0 aromatic carbocycles. The molecule has 3 aromatic rings. The number of carbonyl (C=O) groups is 1. The van der Waals surface area contributed by atoms with Crippen molar-refractivity contribution in [2.24, 2.45) is 7.05 Å². The first-order valence-corrected chi connectivity index (χ1v) is 8.43. The van der Waals surface area contributed by atoms with E-state index in [0.717, 1.165) is 41.7 Å². The predicted molar refractivity (Wildman–Crippen MR) is 95.5 cm³/mol. The normalized spacial score (nSPS) is 11.2. The van der Waals surface area contributed by atoms with Crippen LogP contribution in [0.1, 0.15) is 41.5 Å². The van der Waals surface area contributed by atoms with Gasteiger partial charge in [0, 0.05) is 25.4 Å². The van der Waals surface area contributed by atoms with Crippen molar-refractivity contribution in [2.75, 3.05) is 7.11 Å². The Kier molecular flexibility index (Phi) is 4.57. The Morgan fingerprint density at radius 1 is 1.24 bits per heavy atom. The molecule has 0 unspecified atom stereocenters. The summed E-state index contributed by atoms with van der Waals surface area (Å²) in [5.74, 6) is -0.381. The number of methoxy groups -OCH3 is 1. The van der Waals surface area contributed by atoms with E-state index >= 15 is 0 Å². The third kappa shape index (κ3) is 3.01. The van der Waals surface area contributed by atoms with E-state index in [2.05, 4.69) is 17.1 Å². The van der Waals surface area contributed by atoms with E-state index in [0.29, 0.717) is 16.9 Å². The fourth-order valence-corrected chi connectivity index (χ4v) is 3.08. The lowest BCUT2D eigenvalue weighted by molar-refractivity contribution is 0.0603. The summed E-state index contributed by atoms with van der Waals surface area (Å²) in [6, 6.07) is 1.77. The van der Waals surface area contributed by atoms with Crippen molar-refractivity contribution in [2.45, 2.75) is 40.2 Å². The fraction of sp³-hybridized carbons (Fsp3) is 0.444. The molecule has 0 fully saturated rings. The van der Waals surface area contributed by atoms with Crippen LogP contribution in [0.25, 0.3) is 22.3 Å². The summed E-state index contributed by atoms with van der Waals surface area (Å²) < 4.78 is 8.62. The Morgan fingerprint density at radius 3 is 2.60 bits per heavy atom. The monoisotopic (exact) mass is 341 g/mol. The SMILES string of the molecule is CCCCn1nc(C)c2c(C(=O)OC)cc(-c3cn(C)nc3C)nc21. The van der Waals surface area contributed by atoms with Crippen molar-refractivity contribution >= 4 is 17.0 Å². The molecule has 0 aliphatic rings. The zero-order chi connectivity index (χ0) is 18.1. The maximum absolute atomic E-state index is 12.4. The van der Waals surface area contributed by atoms with Gasteiger partial charge in [-0.3, -0.25) is 4.68 Å². The summed E-state index contributed by atoms with van der Waals surface area (Å²) in [5, 5.41) is 9.73. The van der Waals surface area contributed by atoms with Crippen LogP contribution in [0.5, 0.6) is 0 Å². The molecule has 3 heterocycles. The fourth-order valence-electron chi connectivity index (χ4n) is 3.08. The second-order valence-corrected chi connectivity index (χ2v) is 6.21. The van der Waals surface area contributed by atoms with Gasteiger partial charge in [0.25, 0.3) is 0 Å². The first-order chi connectivity index (χ1) is 12.0. The first kappa shape index (κ1) is 17.1. The van der Waals surface area contributed by atoms with Gasteiger partial charge in [-0.05, 0) is 26.3 Å². The Balaban J connectivity index is 2.29. The third-order valence-corrected chi connectivity index (χ3v) is 4.30. The smallest absolute Gasteiger partial charge is 0.338 e. The highest BCUT2D eigenvalue weighted by Crippen LogP contribution is 2.29. The maximum atomic E-state index is 12.4. The Morgan fingerprint density at radius 2 is 2.00 bits per heavy atom. The van der Waals surface area contributed by atoms with Crippen molar-refractivity contribution in [3.63, 3.8) is 0 Å². The van der Waals surface area contributed by atoms with Crippen LogP contribution >= 0.6 is 0 Å². The number of nitrogens with zero attached hydrogens (tertiary/aromatic N) is 5. The lowest BCUT2D eigenvalue weighted by Crippen LogP contribution is -2.06. The molecule has 0 spiro atoms. The molecule has 25 heavy (non-hydrogen) atoms. The molecule has 3 rings (SSSR count). The molecule has 0 N–H and O–H groups in total. The number of aromatic nitrogens is 5. The summed E-state index contributed by atoms with van der Waals surface area (Å²) in [6.07, 6.45) is 3.97. The van der Waals surface area contributed by atoms with E-state index in [1.54, 1.807) is 10.7 Å². The van der Waals surface area contributed by atoms with Gasteiger partial charge in [0.15, 0.2) is 5.65 Å². The molecular formula is C18H23N5O2. The van der Waals surface area contributed by atoms with Gasteiger partial charge >= 0.3 is 5.97 Å². The number of aryl methyl sites for hydroxylation is 4. The van der Waals surface area contributed by atoms with Gasteiger partial charge in [-0.2, -0.15) is 10.2 Å². The number of carbonyl (C=O) groups excluding carboxylic acids is 1. The van der Waals surface area contributed by atoms with Gasteiger partial charge in [-0.25, -0.2) is 14.5 Å². The molecule has 0 amide bonds. The molecule has 0 saturated carbocycles. The predicted octanol–water partition coefficient (Wildman–Crippen LogP) is 3.04. The van der Waals surface area contributed by atoms with E-state index in [1.807, 2.05) is 31.8 Å². The van der Waals surface area contributed by atoms with Crippen LogP contribution in [0.2, 0.25) is 0 Å². The van der Waals surface area contributed by atoms with Crippen LogP contribution in [0, 0.1) is 13.8 Å². The highest BCUT2D eigenvalue weighted by Gasteiger charge is 2.21. The Hall–Kier alpha value is -2.70. The summed E-state index contributed by atoms with van der Waals surface area (Å²) in [5.41, 5.74) is 4.46. The second kappa shape index (κ2) is 6.66. The number of esters is 1. The van der Waals surface area contributed by atoms with E-state index < -0.39 is 0 Å². The molecular weight excluding hydrogens is 318 g/mol. The van der Waals surface area contributed by atoms with Gasteiger partial charge < -0.3 is 4.74 Å². The molecule has 0 bridgehead atoms. The van der Waals surface area contributed by atoms with Gasteiger partial charge in [0.2, 0.25) is 0 Å². The second-order valence-electron chi connectivity index (χ2n) is 6.21. The standard InChI is InChI=1S/C18H23N5O2/c1-6-7-8-23-17-16(12(3)21-23)13(18(24)25-5)9-15(19-17)14-10-22(4)20-11(14)2/h9-10H,6-8H2,1-5H3.